The molecule has 1 aromatic carbocycles. The Balaban J connectivity index is 1.46. The van der Waals surface area contributed by atoms with E-state index in [4.69, 9.17) is 19.4 Å². The highest BCUT2D eigenvalue weighted by atomic mass is 32.2. The SMILES string of the molecule is CC/S(=N\C(=O)C(F)(F)F)c1ccc(-c2cc(N3CCOCC3)nc3c(-c4ccnn4C4CCCCO4)nccc23)cc1. The van der Waals surface area contributed by atoms with Crippen LogP contribution in [0.5, 0.6) is 0 Å². The minimum Gasteiger partial charge on any atom is -0.378 e. The first kappa shape index (κ1) is 29.4. The molecule has 9 nitrogen and oxygen atoms in total. The molecule has 4 aromatic rings. The smallest absolute Gasteiger partial charge is 0.378 e. The number of nitrogens with zero attached hydrogens (tertiary/aromatic N) is 6. The van der Waals surface area contributed by atoms with E-state index in [2.05, 4.69) is 14.4 Å². The van der Waals surface area contributed by atoms with Crippen LogP contribution < -0.4 is 4.90 Å². The number of amides is 1. The number of carbonyl (C=O) groups is 1. The van der Waals surface area contributed by atoms with Crippen LogP contribution >= 0.6 is 0 Å². The Hall–Kier alpha value is -3.68. The number of anilines is 1. The summed E-state index contributed by atoms with van der Waals surface area (Å²) in [4.78, 5) is 24.2. The minimum atomic E-state index is -4.99. The number of benzene rings is 1. The average Bonchev–Trinajstić information content (AvgIpc) is 3.53. The van der Waals surface area contributed by atoms with E-state index in [0.717, 1.165) is 47.3 Å². The zero-order valence-corrected chi connectivity index (χ0v) is 24.4. The van der Waals surface area contributed by atoms with E-state index < -0.39 is 22.8 Å². The van der Waals surface area contributed by atoms with Gasteiger partial charge in [0.1, 0.15) is 17.0 Å². The number of pyridine rings is 2. The molecule has 1 amide bonds. The van der Waals surface area contributed by atoms with Gasteiger partial charge in [-0.25, -0.2) is 9.67 Å². The molecule has 3 aromatic heterocycles. The monoisotopic (exact) mass is 612 g/mol. The Labute approximate surface area is 249 Å². The molecule has 2 saturated heterocycles. The lowest BCUT2D eigenvalue weighted by Gasteiger charge is -2.29. The Morgan fingerprint density at radius 3 is 2.56 bits per heavy atom. The molecule has 5 heterocycles. The second-order valence-corrected chi connectivity index (χ2v) is 12.2. The van der Waals surface area contributed by atoms with Gasteiger partial charge in [-0.1, -0.05) is 29.7 Å². The molecule has 2 aliphatic heterocycles. The van der Waals surface area contributed by atoms with E-state index in [1.807, 2.05) is 35.0 Å². The number of ether oxygens (including phenoxy) is 2. The van der Waals surface area contributed by atoms with Crippen molar-refractivity contribution < 1.29 is 27.4 Å². The van der Waals surface area contributed by atoms with E-state index >= 15 is 0 Å². The third kappa shape index (κ3) is 6.20. The first-order valence-corrected chi connectivity index (χ1v) is 15.6. The second-order valence-electron chi connectivity index (χ2n) is 10.2. The highest BCUT2D eigenvalue weighted by molar-refractivity contribution is 7.87. The van der Waals surface area contributed by atoms with Crippen molar-refractivity contribution in [2.24, 2.45) is 4.36 Å². The molecule has 0 saturated carbocycles. The number of morpholine rings is 1. The zero-order valence-electron chi connectivity index (χ0n) is 23.6. The van der Waals surface area contributed by atoms with Crippen LogP contribution in [0.2, 0.25) is 0 Å². The average molecular weight is 613 g/mol. The molecule has 0 spiro atoms. The standard InChI is InChI=1S/C30H31F3N6O3S/c1-2-43(37-29(40)30(31,32)33)21-8-6-20(7-9-21)23-19-25(38-14-17-41-18-15-38)36-27-22(23)10-12-34-28(27)24-11-13-35-39(24)26-5-3-4-16-42-26/h6-13,19,26H,2-5,14-18H2,1H3. The van der Waals surface area contributed by atoms with Gasteiger partial charge < -0.3 is 14.4 Å². The number of hydrogen-bond donors (Lipinski definition) is 0. The summed E-state index contributed by atoms with van der Waals surface area (Å²) in [5, 5.41) is 5.45. The highest BCUT2D eigenvalue weighted by Gasteiger charge is 2.39. The van der Waals surface area contributed by atoms with Crippen LogP contribution in [0, 0.1) is 0 Å². The van der Waals surface area contributed by atoms with Crippen LogP contribution in [-0.4, -0.2) is 70.5 Å². The number of rotatable bonds is 6. The Morgan fingerprint density at radius 2 is 1.86 bits per heavy atom. The number of alkyl halides is 3. The van der Waals surface area contributed by atoms with Crippen LogP contribution in [0.25, 0.3) is 33.4 Å². The van der Waals surface area contributed by atoms with Crippen molar-refractivity contribution in [3.8, 4) is 22.5 Å². The van der Waals surface area contributed by atoms with Gasteiger partial charge in [0.2, 0.25) is 0 Å². The van der Waals surface area contributed by atoms with Gasteiger partial charge in [-0.15, -0.1) is 0 Å². The first-order valence-electron chi connectivity index (χ1n) is 14.3. The molecule has 2 aliphatic rings. The van der Waals surface area contributed by atoms with Gasteiger partial charge in [-0.2, -0.15) is 22.6 Å². The fourth-order valence-corrected chi connectivity index (χ4v) is 6.72. The van der Waals surface area contributed by atoms with E-state index in [1.165, 1.54) is 0 Å². The maximum Gasteiger partial charge on any atom is 0.474 e. The summed E-state index contributed by atoms with van der Waals surface area (Å²) in [6.07, 6.45) is 1.29. The molecule has 0 N–H and O–H groups in total. The van der Waals surface area contributed by atoms with E-state index in [0.29, 0.717) is 49.0 Å². The van der Waals surface area contributed by atoms with Gasteiger partial charge in [0.05, 0.1) is 18.9 Å². The molecule has 13 heteroatoms. The Morgan fingerprint density at radius 1 is 1.07 bits per heavy atom. The maximum absolute atomic E-state index is 12.9. The molecule has 2 atom stereocenters. The van der Waals surface area contributed by atoms with Crippen molar-refractivity contribution in [3.05, 3.63) is 54.9 Å². The van der Waals surface area contributed by atoms with Crippen molar-refractivity contribution in [1.82, 2.24) is 19.7 Å². The lowest BCUT2D eigenvalue weighted by molar-refractivity contribution is -0.169. The number of aromatic nitrogens is 4. The Bertz CT molecular complexity index is 1650. The van der Waals surface area contributed by atoms with Crippen LogP contribution in [0.1, 0.15) is 32.4 Å². The van der Waals surface area contributed by atoms with Gasteiger partial charge >= 0.3 is 12.1 Å². The summed E-state index contributed by atoms with van der Waals surface area (Å²) in [7, 11) is -1.21. The summed E-state index contributed by atoms with van der Waals surface area (Å²) in [6, 6.07) is 13.1. The predicted molar refractivity (Wildman–Crippen MR) is 158 cm³/mol. The van der Waals surface area contributed by atoms with Gasteiger partial charge in [0.25, 0.3) is 0 Å². The van der Waals surface area contributed by atoms with Crippen LogP contribution in [0.3, 0.4) is 0 Å². The molecule has 2 fully saturated rings. The molecule has 6 rings (SSSR count). The molecule has 43 heavy (non-hydrogen) atoms. The topological polar surface area (TPSA) is 94.7 Å². The van der Waals surface area contributed by atoms with Gasteiger partial charge in [-0.05, 0) is 60.7 Å². The summed E-state index contributed by atoms with van der Waals surface area (Å²) in [5.74, 6) is -0.994. The van der Waals surface area contributed by atoms with Crippen LogP contribution in [0.15, 0.2) is 64.1 Å². The van der Waals surface area contributed by atoms with Gasteiger partial charge in [0, 0.05) is 48.1 Å². The molecular formula is C30H31F3N6O3S. The molecule has 0 aliphatic carbocycles. The summed E-state index contributed by atoms with van der Waals surface area (Å²) in [6.45, 7) is 4.96. The summed E-state index contributed by atoms with van der Waals surface area (Å²) >= 11 is 0. The van der Waals surface area contributed by atoms with Gasteiger partial charge in [-0.3, -0.25) is 9.78 Å². The lowest BCUT2D eigenvalue weighted by Crippen LogP contribution is -2.36. The minimum absolute atomic E-state index is 0.174. The van der Waals surface area contributed by atoms with E-state index in [1.54, 1.807) is 31.5 Å². The second kappa shape index (κ2) is 12.5. The quantitative estimate of drug-likeness (QED) is 0.265. The lowest BCUT2D eigenvalue weighted by atomic mass is 10.00. The number of hydrogen-bond acceptors (Lipinski definition) is 7. The number of fused-ring (bicyclic) bond motifs is 1. The first-order chi connectivity index (χ1) is 20.8. The fourth-order valence-electron chi connectivity index (χ4n) is 5.39. The van der Waals surface area contributed by atoms with E-state index in [9.17, 15) is 18.0 Å². The maximum atomic E-state index is 12.9. The van der Waals surface area contributed by atoms with Crippen molar-refractivity contribution in [2.75, 3.05) is 43.6 Å². The fraction of sp³-hybridized carbons (Fsp3) is 0.400. The largest absolute Gasteiger partial charge is 0.474 e. The Kier molecular flexibility index (Phi) is 8.55. The molecule has 0 bridgehead atoms. The zero-order chi connectivity index (χ0) is 30.0. The normalized spacial score (nSPS) is 18.7. The van der Waals surface area contributed by atoms with Crippen LogP contribution in [-0.2, 0) is 25.0 Å². The predicted octanol–water partition coefficient (Wildman–Crippen LogP) is 5.97. The van der Waals surface area contributed by atoms with Crippen molar-refractivity contribution >= 4 is 33.3 Å². The third-order valence-electron chi connectivity index (χ3n) is 7.54. The van der Waals surface area contributed by atoms with Crippen molar-refractivity contribution in [2.45, 2.75) is 43.5 Å². The number of carbonyl (C=O) groups excluding carboxylic acids is 1. The molecule has 0 radical (unpaired) electrons. The number of halogens is 3. The molecule has 2 unspecified atom stereocenters. The highest BCUT2D eigenvalue weighted by Crippen LogP contribution is 2.37. The summed E-state index contributed by atoms with van der Waals surface area (Å²) in [5.41, 5.74) is 3.97. The molecule has 226 valence electrons. The van der Waals surface area contributed by atoms with Crippen LogP contribution in [0.4, 0.5) is 19.0 Å². The van der Waals surface area contributed by atoms with Gasteiger partial charge in [0.15, 0.2) is 6.23 Å². The van der Waals surface area contributed by atoms with Crippen molar-refractivity contribution in [3.63, 3.8) is 0 Å². The van der Waals surface area contributed by atoms with E-state index in [-0.39, 0.29) is 12.0 Å². The van der Waals surface area contributed by atoms with Crippen molar-refractivity contribution in [1.29, 1.82) is 0 Å². The third-order valence-corrected chi connectivity index (χ3v) is 9.29. The summed E-state index contributed by atoms with van der Waals surface area (Å²) < 4.78 is 55.6. The molecular weight excluding hydrogens is 581 g/mol.